The monoisotopic (exact) mass is 296 g/mol. The number of aromatic nitrogens is 1. The molecule has 108 valence electrons. The molecular formula is C12H16N4O3S. The first-order valence-corrected chi connectivity index (χ1v) is 7.42. The van der Waals surface area contributed by atoms with Crippen molar-refractivity contribution in [3.8, 4) is 0 Å². The Morgan fingerprint density at radius 1 is 1.35 bits per heavy atom. The summed E-state index contributed by atoms with van der Waals surface area (Å²) in [5.74, 6) is 0.705. The molecule has 2 rings (SSSR count). The highest BCUT2D eigenvalue weighted by Crippen LogP contribution is 2.26. The molecule has 0 fully saturated rings. The lowest BCUT2D eigenvalue weighted by Crippen LogP contribution is -2.15. The predicted octanol–water partition coefficient (Wildman–Crippen LogP) is 1.13. The molecule has 0 atom stereocenters. The molecule has 1 aromatic heterocycles. The number of benzene rings is 1. The SMILES string of the molecule is Cc1noc(C)c1CNc1cccc(S(N)(=O)=O)c1N. The summed E-state index contributed by atoms with van der Waals surface area (Å²) in [5.41, 5.74) is 8.10. The Kier molecular flexibility index (Phi) is 3.69. The van der Waals surface area contributed by atoms with E-state index in [1.807, 2.05) is 6.92 Å². The molecule has 0 saturated carbocycles. The van der Waals surface area contributed by atoms with Crippen LogP contribution in [-0.4, -0.2) is 13.6 Å². The Morgan fingerprint density at radius 3 is 2.60 bits per heavy atom. The van der Waals surface area contributed by atoms with E-state index in [0.717, 1.165) is 11.3 Å². The lowest BCUT2D eigenvalue weighted by molar-refractivity contribution is 0.392. The average molecular weight is 296 g/mol. The second-order valence-corrected chi connectivity index (χ2v) is 5.95. The van der Waals surface area contributed by atoms with Crippen LogP contribution in [-0.2, 0) is 16.6 Å². The second kappa shape index (κ2) is 5.14. The van der Waals surface area contributed by atoms with Crippen LogP contribution in [0.3, 0.4) is 0 Å². The van der Waals surface area contributed by atoms with Crippen LogP contribution in [0.4, 0.5) is 11.4 Å². The Balaban J connectivity index is 2.28. The molecule has 0 amide bonds. The normalized spacial score (nSPS) is 11.6. The quantitative estimate of drug-likeness (QED) is 0.726. The molecule has 2 aromatic rings. The number of aryl methyl sites for hydroxylation is 2. The summed E-state index contributed by atoms with van der Waals surface area (Å²) in [6.45, 7) is 4.07. The molecule has 0 aliphatic heterocycles. The molecule has 0 bridgehead atoms. The van der Waals surface area contributed by atoms with Gasteiger partial charge in [-0.3, -0.25) is 0 Å². The molecule has 5 N–H and O–H groups in total. The van der Waals surface area contributed by atoms with Crippen molar-refractivity contribution in [1.29, 1.82) is 0 Å². The molecule has 0 aliphatic rings. The highest BCUT2D eigenvalue weighted by atomic mass is 32.2. The smallest absolute Gasteiger partial charge is 0.240 e. The van der Waals surface area contributed by atoms with Crippen LogP contribution in [0.2, 0.25) is 0 Å². The molecular weight excluding hydrogens is 280 g/mol. The van der Waals surface area contributed by atoms with Crippen LogP contribution < -0.4 is 16.2 Å². The average Bonchev–Trinajstić information content (AvgIpc) is 2.67. The van der Waals surface area contributed by atoms with E-state index in [1.165, 1.54) is 6.07 Å². The second-order valence-electron chi connectivity index (χ2n) is 4.42. The Labute approximate surface area is 117 Å². The van der Waals surface area contributed by atoms with E-state index >= 15 is 0 Å². The van der Waals surface area contributed by atoms with Gasteiger partial charge in [0.2, 0.25) is 10.0 Å². The molecule has 1 aromatic carbocycles. The lowest BCUT2D eigenvalue weighted by Gasteiger charge is -2.11. The van der Waals surface area contributed by atoms with E-state index in [2.05, 4.69) is 10.5 Å². The van der Waals surface area contributed by atoms with Gasteiger partial charge in [-0.15, -0.1) is 0 Å². The van der Waals surface area contributed by atoms with Gasteiger partial charge in [-0.25, -0.2) is 13.6 Å². The van der Waals surface area contributed by atoms with Crippen molar-refractivity contribution in [2.75, 3.05) is 11.1 Å². The summed E-state index contributed by atoms with van der Waals surface area (Å²) in [5, 5.41) is 12.0. The predicted molar refractivity (Wildman–Crippen MR) is 75.5 cm³/mol. The topological polar surface area (TPSA) is 124 Å². The van der Waals surface area contributed by atoms with Crippen LogP contribution in [0.25, 0.3) is 0 Å². The fraction of sp³-hybridized carbons (Fsp3) is 0.250. The number of para-hydroxylation sites is 1. The summed E-state index contributed by atoms with van der Waals surface area (Å²) in [4.78, 5) is -0.0961. The van der Waals surface area contributed by atoms with Gasteiger partial charge in [-0.2, -0.15) is 0 Å². The van der Waals surface area contributed by atoms with Gasteiger partial charge in [-0.1, -0.05) is 11.2 Å². The third-order valence-corrected chi connectivity index (χ3v) is 3.98. The zero-order valence-corrected chi connectivity index (χ0v) is 12.0. The number of primary sulfonamides is 1. The molecule has 0 unspecified atom stereocenters. The van der Waals surface area contributed by atoms with Crippen molar-refractivity contribution in [3.63, 3.8) is 0 Å². The first-order valence-electron chi connectivity index (χ1n) is 5.87. The summed E-state index contributed by atoms with van der Waals surface area (Å²) < 4.78 is 27.8. The van der Waals surface area contributed by atoms with Crippen molar-refractivity contribution in [2.24, 2.45) is 5.14 Å². The number of hydrogen-bond donors (Lipinski definition) is 3. The van der Waals surface area contributed by atoms with E-state index < -0.39 is 10.0 Å². The van der Waals surface area contributed by atoms with Gasteiger partial charge < -0.3 is 15.6 Å². The molecule has 7 nitrogen and oxygen atoms in total. The number of hydrogen-bond acceptors (Lipinski definition) is 6. The standard InChI is InChI=1S/C12H16N4O3S/c1-7-9(8(2)19-16-7)6-15-10-4-3-5-11(12(10)13)20(14,17)18/h3-5,15H,6,13H2,1-2H3,(H2,14,17,18). The highest BCUT2D eigenvalue weighted by Gasteiger charge is 2.15. The fourth-order valence-corrected chi connectivity index (χ4v) is 2.57. The van der Waals surface area contributed by atoms with Gasteiger partial charge in [0.15, 0.2) is 0 Å². The molecule has 20 heavy (non-hydrogen) atoms. The molecule has 1 heterocycles. The van der Waals surface area contributed by atoms with Gasteiger partial charge in [-0.05, 0) is 26.0 Å². The molecule has 0 radical (unpaired) electrons. The van der Waals surface area contributed by atoms with Crippen molar-refractivity contribution in [3.05, 3.63) is 35.2 Å². The van der Waals surface area contributed by atoms with Crippen molar-refractivity contribution in [2.45, 2.75) is 25.3 Å². The minimum absolute atomic E-state index is 0.0961. The number of nitrogens with two attached hydrogens (primary N) is 2. The van der Waals surface area contributed by atoms with Crippen molar-refractivity contribution < 1.29 is 12.9 Å². The number of nitrogen functional groups attached to an aromatic ring is 1. The number of sulfonamides is 1. The van der Waals surface area contributed by atoms with E-state index in [0.29, 0.717) is 18.0 Å². The highest BCUT2D eigenvalue weighted by molar-refractivity contribution is 7.89. The van der Waals surface area contributed by atoms with E-state index in [-0.39, 0.29) is 10.6 Å². The Hall–Kier alpha value is -2.06. The first kappa shape index (κ1) is 14.4. The summed E-state index contributed by atoms with van der Waals surface area (Å²) >= 11 is 0. The maximum atomic E-state index is 11.4. The number of nitrogens with one attached hydrogen (secondary N) is 1. The molecule has 0 aliphatic carbocycles. The third-order valence-electron chi connectivity index (χ3n) is 3.01. The largest absolute Gasteiger partial charge is 0.396 e. The van der Waals surface area contributed by atoms with Gasteiger partial charge >= 0.3 is 0 Å². The zero-order chi connectivity index (χ0) is 14.9. The van der Waals surface area contributed by atoms with Crippen LogP contribution in [0, 0.1) is 13.8 Å². The molecule has 0 spiro atoms. The first-order chi connectivity index (χ1) is 9.30. The minimum Gasteiger partial charge on any atom is -0.396 e. The maximum absolute atomic E-state index is 11.4. The fourth-order valence-electron chi connectivity index (χ4n) is 1.88. The van der Waals surface area contributed by atoms with Crippen molar-refractivity contribution >= 4 is 21.4 Å². The van der Waals surface area contributed by atoms with E-state index in [9.17, 15) is 8.42 Å². The Bertz CT molecular complexity index is 718. The van der Waals surface area contributed by atoms with Gasteiger partial charge in [0.25, 0.3) is 0 Å². The molecule has 8 heteroatoms. The van der Waals surface area contributed by atoms with Gasteiger partial charge in [0, 0.05) is 12.1 Å². The number of rotatable bonds is 4. The summed E-state index contributed by atoms with van der Waals surface area (Å²) in [6, 6.07) is 4.62. The van der Waals surface area contributed by atoms with E-state index in [1.54, 1.807) is 19.1 Å². The third kappa shape index (κ3) is 2.75. The van der Waals surface area contributed by atoms with Crippen molar-refractivity contribution in [1.82, 2.24) is 5.16 Å². The maximum Gasteiger partial charge on any atom is 0.240 e. The number of nitrogens with zero attached hydrogens (tertiary/aromatic N) is 1. The summed E-state index contributed by atoms with van der Waals surface area (Å²) in [7, 11) is -3.84. The van der Waals surface area contributed by atoms with Crippen LogP contribution in [0.5, 0.6) is 0 Å². The van der Waals surface area contributed by atoms with Gasteiger partial charge in [0.1, 0.15) is 10.7 Å². The lowest BCUT2D eigenvalue weighted by atomic mass is 10.2. The molecule has 0 saturated heterocycles. The van der Waals surface area contributed by atoms with Gasteiger partial charge in [0.05, 0.1) is 17.1 Å². The minimum atomic E-state index is -3.84. The summed E-state index contributed by atoms with van der Waals surface area (Å²) in [6.07, 6.45) is 0. The zero-order valence-electron chi connectivity index (χ0n) is 11.2. The van der Waals surface area contributed by atoms with Crippen LogP contribution >= 0.6 is 0 Å². The Morgan fingerprint density at radius 2 is 2.05 bits per heavy atom. The van der Waals surface area contributed by atoms with Crippen LogP contribution in [0.15, 0.2) is 27.6 Å². The van der Waals surface area contributed by atoms with E-state index in [4.69, 9.17) is 15.4 Å². The number of anilines is 2. The van der Waals surface area contributed by atoms with Crippen LogP contribution in [0.1, 0.15) is 17.0 Å².